The van der Waals surface area contributed by atoms with E-state index in [1.807, 2.05) is 26.0 Å². The van der Waals surface area contributed by atoms with Crippen molar-refractivity contribution in [1.82, 2.24) is 10.6 Å². The van der Waals surface area contributed by atoms with E-state index < -0.39 is 0 Å². The van der Waals surface area contributed by atoms with Crippen LogP contribution in [-0.2, 0) is 0 Å². The lowest BCUT2D eigenvalue weighted by atomic mass is 9.90. The van der Waals surface area contributed by atoms with Crippen molar-refractivity contribution in [3.8, 4) is 0 Å². The Labute approximate surface area is 134 Å². The van der Waals surface area contributed by atoms with Gasteiger partial charge in [0.2, 0.25) is 0 Å². The molecule has 0 saturated heterocycles. The highest BCUT2D eigenvalue weighted by atomic mass is 16.3. The predicted octanol–water partition coefficient (Wildman–Crippen LogP) is 3.40. The minimum absolute atomic E-state index is 0.0119. The van der Waals surface area contributed by atoms with Crippen LogP contribution in [0.2, 0.25) is 0 Å². The number of aliphatic hydroxyl groups is 1. The molecule has 1 atom stereocenters. The third kappa shape index (κ3) is 5.68. The Kier molecular flexibility index (Phi) is 6.88. The number of aryl methyl sites for hydroxylation is 1. The maximum atomic E-state index is 12.2. The van der Waals surface area contributed by atoms with Crippen molar-refractivity contribution in [2.24, 2.45) is 11.3 Å². The van der Waals surface area contributed by atoms with Gasteiger partial charge in [0.15, 0.2) is 0 Å². The molecular weight excluding hydrogens is 276 g/mol. The number of amides is 2. The number of aliphatic hydroxyl groups excluding tert-OH is 1. The van der Waals surface area contributed by atoms with Crippen LogP contribution < -0.4 is 10.6 Å². The summed E-state index contributed by atoms with van der Waals surface area (Å²) in [4.78, 5) is 12.2. The van der Waals surface area contributed by atoms with E-state index in [9.17, 15) is 4.79 Å². The molecule has 22 heavy (non-hydrogen) atoms. The first-order valence-electron chi connectivity index (χ1n) is 7.97. The fourth-order valence-corrected chi connectivity index (χ4v) is 2.44. The SMILES string of the molecule is Cc1ccccc1C(NC(=O)NCC(C)(C)CCO)C(C)C. The summed E-state index contributed by atoms with van der Waals surface area (Å²) in [6.07, 6.45) is 0.665. The molecule has 1 aromatic rings. The van der Waals surface area contributed by atoms with Gasteiger partial charge in [-0.25, -0.2) is 4.79 Å². The molecule has 2 amide bonds. The van der Waals surface area contributed by atoms with Crippen molar-refractivity contribution < 1.29 is 9.90 Å². The maximum absolute atomic E-state index is 12.2. The molecular formula is C18H30N2O2. The van der Waals surface area contributed by atoms with E-state index >= 15 is 0 Å². The highest BCUT2D eigenvalue weighted by Gasteiger charge is 2.22. The van der Waals surface area contributed by atoms with E-state index in [1.54, 1.807) is 0 Å². The van der Waals surface area contributed by atoms with E-state index in [0.29, 0.717) is 18.9 Å². The summed E-state index contributed by atoms with van der Waals surface area (Å²) in [7, 11) is 0. The van der Waals surface area contributed by atoms with Crippen LogP contribution in [0.5, 0.6) is 0 Å². The van der Waals surface area contributed by atoms with Gasteiger partial charge in [-0.1, -0.05) is 52.0 Å². The largest absolute Gasteiger partial charge is 0.396 e. The Hall–Kier alpha value is -1.55. The van der Waals surface area contributed by atoms with Gasteiger partial charge < -0.3 is 15.7 Å². The molecule has 0 aromatic heterocycles. The van der Waals surface area contributed by atoms with Crippen LogP contribution in [0.15, 0.2) is 24.3 Å². The Morgan fingerprint density at radius 1 is 1.27 bits per heavy atom. The summed E-state index contributed by atoms with van der Waals surface area (Å²) < 4.78 is 0. The highest BCUT2D eigenvalue weighted by Crippen LogP contribution is 2.24. The number of benzene rings is 1. The highest BCUT2D eigenvalue weighted by molar-refractivity contribution is 5.74. The maximum Gasteiger partial charge on any atom is 0.315 e. The minimum atomic E-state index is -0.159. The third-order valence-corrected chi connectivity index (χ3v) is 3.99. The van der Waals surface area contributed by atoms with Crippen LogP contribution in [0, 0.1) is 18.3 Å². The molecule has 0 fully saturated rings. The summed E-state index contributed by atoms with van der Waals surface area (Å²) in [6.45, 7) is 11.0. The Morgan fingerprint density at radius 2 is 1.91 bits per heavy atom. The second-order valence-electron chi connectivity index (χ2n) is 7.04. The molecule has 4 nitrogen and oxygen atoms in total. The molecule has 4 heteroatoms. The second kappa shape index (κ2) is 8.18. The smallest absolute Gasteiger partial charge is 0.315 e. The van der Waals surface area contributed by atoms with Crippen LogP contribution in [0.4, 0.5) is 4.79 Å². The molecule has 0 aliphatic carbocycles. The normalized spacial score (nSPS) is 13.0. The van der Waals surface area contributed by atoms with Gasteiger partial charge in [-0.3, -0.25) is 0 Å². The van der Waals surface area contributed by atoms with Gasteiger partial charge in [0.05, 0.1) is 6.04 Å². The molecule has 1 unspecified atom stereocenters. The Morgan fingerprint density at radius 3 is 2.45 bits per heavy atom. The monoisotopic (exact) mass is 306 g/mol. The molecule has 3 N–H and O–H groups in total. The lowest BCUT2D eigenvalue weighted by molar-refractivity contribution is 0.199. The van der Waals surface area contributed by atoms with Crippen LogP contribution in [0.1, 0.15) is 51.3 Å². The van der Waals surface area contributed by atoms with Gasteiger partial charge >= 0.3 is 6.03 Å². The van der Waals surface area contributed by atoms with Gasteiger partial charge in [-0.2, -0.15) is 0 Å². The number of hydrogen-bond donors (Lipinski definition) is 3. The number of urea groups is 1. The van der Waals surface area contributed by atoms with E-state index in [2.05, 4.69) is 43.5 Å². The quantitative estimate of drug-likeness (QED) is 0.723. The summed E-state index contributed by atoms with van der Waals surface area (Å²) in [5, 5.41) is 15.0. The Balaban J connectivity index is 2.69. The van der Waals surface area contributed by atoms with Crippen molar-refractivity contribution in [2.75, 3.05) is 13.2 Å². The van der Waals surface area contributed by atoms with Crippen LogP contribution in [-0.4, -0.2) is 24.3 Å². The van der Waals surface area contributed by atoms with Crippen LogP contribution in [0.3, 0.4) is 0 Å². The van der Waals surface area contributed by atoms with Gasteiger partial charge in [0, 0.05) is 13.2 Å². The fourth-order valence-electron chi connectivity index (χ4n) is 2.44. The van der Waals surface area contributed by atoms with Gasteiger partial charge in [-0.15, -0.1) is 0 Å². The number of nitrogens with one attached hydrogen (secondary N) is 2. The second-order valence-corrected chi connectivity index (χ2v) is 7.04. The average molecular weight is 306 g/mol. The van der Waals surface area contributed by atoms with E-state index in [-0.39, 0.29) is 24.1 Å². The van der Waals surface area contributed by atoms with Gasteiger partial charge in [0.1, 0.15) is 0 Å². The first-order valence-corrected chi connectivity index (χ1v) is 7.97. The molecule has 0 radical (unpaired) electrons. The number of carbonyl (C=O) groups is 1. The first-order chi connectivity index (χ1) is 10.3. The summed E-state index contributed by atoms with van der Waals surface area (Å²) in [5.74, 6) is 0.303. The minimum Gasteiger partial charge on any atom is -0.396 e. The molecule has 124 valence electrons. The lowest BCUT2D eigenvalue weighted by Gasteiger charge is -2.27. The van der Waals surface area contributed by atoms with E-state index in [0.717, 1.165) is 5.56 Å². The van der Waals surface area contributed by atoms with Crippen molar-refractivity contribution in [1.29, 1.82) is 0 Å². The average Bonchev–Trinajstić information content (AvgIpc) is 2.43. The van der Waals surface area contributed by atoms with Gasteiger partial charge in [-0.05, 0) is 35.8 Å². The zero-order chi connectivity index (χ0) is 16.8. The molecule has 1 rings (SSSR count). The topological polar surface area (TPSA) is 61.4 Å². The standard InChI is InChI=1S/C18H30N2O2/c1-13(2)16(15-9-7-6-8-14(15)3)20-17(22)19-12-18(4,5)10-11-21/h6-9,13,16,21H,10-12H2,1-5H3,(H2,19,20,22). The third-order valence-electron chi connectivity index (χ3n) is 3.99. The van der Waals surface area contributed by atoms with Crippen molar-refractivity contribution in [3.63, 3.8) is 0 Å². The van der Waals surface area contributed by atoms with Crippen LogP contribution in [0.25, 0.3) is 0 Å². The first kappa shape index (κ1) is 18.5. The zero-order valence-corrected chi connectivity index (χ0v) is 14.4. The van der Waals surface area contributed by atoms with E-state index in [4.69, 9.17) is 5.11 Å². The summed E-state index contributed by atoms with van der Waals surface area (Å²) >= 11 is 0. The fraction of sp³-hybridized carbons (Fsp3) is 0.611. The molecule has 0 heterocycles. The van der Waals surface area contributed by atoms with Crippen molar-refractivity contribution >= 4 is 6.03 Å². The van der Waals surface area contributed by atoms with E-state index in [1.165, 1.54) is 5.56 Å². The van der Waals surface area contributed by atoms with Crippen LogP contribution >= 0.6 is 0 Å². The number of hydrogen-bond acceptors (Lipinski definition) is 2. The summed E-state index contributed by atoms with van der Waals surface area (Å²) in [5.41, 5.74) is 2.23. The van der Waals surface area contributed by atoms with Crippen molar-refractivity contribution in [2.45, 2.75) is 47.1 Å². The van der Waals surface area contributed by atoms with Crippen molar-refractivity contribution in [3.05, 3.63) is 35.4 Å². The molecule has 0 aliphatic rings. The Bertz CT molecular complexity index is 484. The molecule has 0 aliphatic heterocycles. The molecule has 0 bridgehead atoms. The molecule has 1 aromatic carbocycles. The van der Waals surface area contributed by atoms with Gasteiger partial charge in [0.25, 0.3) is 0 Å². The predicted molar refractivity (Wildman–Crippen MR) is 90.8 cm³/mol. The molecule has 0 spiro atoms. The number of rotatable bonds is 7. The molecule has 0 saturated carbocycles. The lowest BCUT2D eigenvalue weighted by Crippen LogP contribution is -2.43. The zero-order valence-electron chi connectivity index (χ0n) is 14.4. The summed E-state index contributed by atoms with van der Waals surface area (Å²) in [6, 6.07) is 7.97. The number of carbonyl (C=O) groups excluding carboxylic acids is 1.